The van der Waals surface area contributed by atoms with Gasteiger partial charge in [-0.15, -0.1) is 0 Å². The van der Waals surface area contributed by atoms with E-state index in [0.717, 1.165) is 45.4 Å². The second kappa shape index (κ2) is 8.74. The highest BCUT2D eigenvalue weighted by molar-refractivity contribution is 5.77. The van der Waals surface area contributed by atoms with E-state index in [-0.39, 0.29) is 11.9 Å². The molecule has 1 aromatic rings. The molecule has 6 heteroatoms. The number of urea groups is 1. The molecule has 6 nitrogen and oxygen atoms in total. The number of amides is 3. The van der Waals surface area contributed by atoms with E-state index in [1.54, 1.807) is 4.90 Å². The highest BCUT2D eigenvalue weighted by Crippen LogP contribution is 2.20. The summed E-state index contributed by atoms with van der Waals surface area (Å²) in [7, 11) is 0. The number of hydrogen-bond acceptors (Lipinski definition) is 3. The second-order valence-electron chi connectivity index (χ2n) is 7.62. The Morgan fingerprint density at radius 1 is 1.00 bits per heavy atom. The van der Waals surface area contributed by atoms with Crippen LogP contribution in [-0.2, 0) is 24.1 Å². The van der Waals surface area contributed by atoms with Crippen molar-refractivity contribution >= 4 is 11.9 Å². The third-order valence-corrected chi connectivity index (χ3v) is 6.02. The van der Waals surface area contributed by atoms with Gasteiger partial charge in [-0.2, -0.15) is 0 Å². The summed E-state index contributed by atoms with van der Waals surface area (Å²) in [5.41, 5.74) is 9.41. The van der Waals surface area contributed by atoms with Crippen LogP contribution in [0.5, 0.6) is 0 Å². The van der Waals surface area contributed by atoms with Crippen LogP contribution in [0.2, 0.25) is 0 Å². The molecule has 0 aliphatic carbocycles. The average Bonchev–Trinajstić information content (AvgIpc) is 2.65. The molecule has 0 atom stereocenters. The van der Waals surface area contributed by atoms with E-state index in [0.29, 0.717) is 25.6 Å². The largest absolute Gasteiger partial charge is 0.351 e. The molecular weight excluding hydrogens is 340 g/mol. The first kappa shape index (κ1) is 19.7. The Hall–Kier alpha value is -2.08. The number of nitrogens with two attached hydrogens (primary N) is 1. The van der Waals surface area contributed by atoms with E-state index in [1.165, 1.54) is 16.7 Å². The standard InChI is InChI=1S/C21H32N4O2/c1-3-17-7-5-16(13-18(17)4-2)6-8-20(26)25-14-19(15-25)23-9-11-24(12-10-23)21(22)27/h5,7,13,19H,3-4,6,8-12,14-15H2,1-2H3,(H2,22,27). The number of nitrogens with zero attached hydrogens (tertiary/aromatic N) is 3. The number of carbonyl (C=O) groups excluding carboxylic acids is 2. The lowest BCUT2D eigenvalue weighted by molar-refractivity contribution is -0.139. The van der Waals surface area contributed by atoms with Gasteiger partial charge in [0, 0.05) is 51.7 Å². The topological polar surface area (TPSA) is 69.9 Å². The normalized spacial score (nSPS) is 18.4. The van der Waals surface area contributed by atoms with Gasteiger partial charge in [0.2, 0.25) is 5.91 Å². The predicted molar refractivity (Wildman–Crippen MR) is 107 cm³/mol. The molecule has 0 bridgehead atoms. The van der Waals surface area contributed by atoms with Crippen molar-refractivity contribution in [2.45, 2.75) is 45.6 Å². The zero-order valence-corrected chi connectivity index (χ0v) is 16.6. The molecule has 2 saturated heterocycles. The van der Waals surface area contributed by atoms with E-state index in [9.17, 15) is 9.59 Å². The first-order valence-corrected chi connectivity index (χ1v) is 10.2. The van der Waals surface area contributed by atoms with Crippen molar-refractivity contribution in [3.8, 4) is 0 Å². The maximum Gasteiger partial charge on any atom is 0.314 e. The van der Waals surface area contributed by atoms with Crippen LogP contribution in [0.25, 0.3) is 0 Å². The second-order valence-corrected chi connectivity index (χ2v) is 7.62. The molecule has 0 radical (unpaired) electrons. The van der Waals surface area contributed by atoms with E-state index >= 15 is 0 Å². The number of likely N-dealkylation sites (tertiary alicyclic amines) is 1. The van der Waals surface area contributed by atoms with Crippen LogP contribution in [0, 0.1) is 0 Å². The summed E-state index contributed by atoms with van der Waals surface area (Å²) >= 11 is 0. The third kappa shape index (κ3) is 4.61. The number of carbonyl (C=O) groups is 2. The number of rotatable bonds is 6. The Balaban J connectivity index is 1.41. The summed E-state index contributed by atoms with van der Waals surface area (Å²) in [6, 6.07) is 6.74. The molecule has 148 valence electrons. The van der Waals surface area contributed by atoms with Gasteiger partial charge in [0.15, 0.2) is 0 Å². The zero-order chi connectivity index (χ0) is 19.4. The lowest BCUT2D eigenvalue weighted by Gasteiger charge is -2.48. The molecule has 0 spiro atoms. The molecule has 0 unspecified atom stereocenters. The lowest BCUT2D eigenvalue weighted by atomic mass is 9.97. The van der Waals surface area contributed by atoms with E-state index in [1.807, 2.05) is 4.90 Å². The summed E-state index contributed by atoms with van der Waals surface area (Å²) in [4.78, 5) is 29.7. The molecule has 0 aromatic heterocycles. The summed E-state index contributed by atoms with van der Waals surface area (Å²) in [5, 5.41) is 0. The molecular formula is C21H32N4O2. The summed E-state index contributed by atoms with van der Waals surface area (Å²) in [6.45, 7) is 9.06. The van der Waals surface area contributed by atoms with Crippen molar-refractivity contribution in [3.05, 3.63) is 34.9 Å². The van der Waals surface area contributed by atoms with Crippen LogP contribution in [0.4, 0.5) is 4.79 Å². The monoisotopic (exact) mass is 372 g/mol. The molecule has 3 rings (SSSR count). The van der Waals surface area contributed by atoms with Crippen molar-refractivity contribution in [3.63, 3.8) is 0 Å². The molecule has 2 N–H and O–H groups in total. The van der Waals surface area contributed by atoms with Crippen LogP contribution in [0.15, 0.2) is 18.2 Å². The van der Waals surface area contributed by atoms with Gasteiger partial charge in [-0.3, -0.25) is 9.69 Å². The van der Waals surface area contributed by atoms with Crippen molar-refractivity contribution in [2.75, 3.05) is 39.3 Å². The van der Waals surface area contributed by atoms with Gasteiger partial charge in [-0.05, 0) is 36.0 Å². The van der Waals surface area contributed by atoms with Crippen LogP contribution in [0.1, 0.15) is 37.0 Å². The number of primary amides is 1. The fourth-order valence-corrected chi connectivity index (χ4v) is 4.12. The lowest BCUT2D eigenvalue weighted by Crippen LogP contribution is -2.64. The Morgan fingerprint density at radius 2 is 1.67 bits per heavy atom. The number of hydrogen-bond donors (Lipinski definition) is 1. The van der Waals surface area contributed by atoms with Gasteiger partial charge in [0.1, 0.15) is 0 Å². The molecule has 2 aliphatic rings. The highest BCUT2D eigenvalue weighted by atomic mass is 16.2. The SMILES string of the molecule is CCc1ccc(CCC(=O)N2CC(N3CCN(C(N)=O)CC3)C2)cc1CC. The fraction of sp³-hybridized carbons (Fsp3) is 0.619. The first-order valence-electron chi connectivity index (χ1n) is 10.2. The van der Waals surface area contributed by atoms with Crippen LogP contribution < -0.4 is 5.73 Å². The summed E-state index contributed by atoms with van der Waals surface area (Å²) < 4.78 is 0. The molecule has 27 heavy (non-hydrogen) atoms. The van der Waals surface area contributed by atoms with Crippen LogP contribution in [0.3, 0.4) is 0 Å². The predicted octanol–water partition coefficient (Wildman–Crippen LogP) is 1.65. The minimum Gasteiger partial charge on any atom is -0.351 e. The maximum absolute atomic E-state index is 12.5. The Labute approximate surface area is 162 Å². The van der Waals surface area contributed by atoms with Gasteiger partial charge in [-0.25, -0.2) is 4.79 Å². The molecule has 2 aliphatic heterocycles. The Bertz CT molecular complexity index is 677. The van der Waals surface area contributed by atoms with Crippen molar-refractivity contribution in [1.29, 1.82) is 0 Å². The van der Waals surface area contributed by atoms with Gasteiger partial charge in [0.25, 0.3) is 0 Å². The Morgan fingerprint density at radius 3 is 2.26 bits per heavy atom. The van der Waals surface area contributed by atoms with E-state index in [2.05, 4.69) is 36.9 Å². The van der Waals surface area contributed by atoms with Crippen LogP contribution in [-0.4, -0.2) is 71.9 Å². The van der Waals surface area contributed by atoms with Gasteiger partial charge < -0.3 is 15.5 Å². The minimum atomic E-state index is -0.335. The average molecular weight is 373 g/mol. The van der Waals surface area contributed by atoms with Crippen molar-refractivity contribution in [1.82, 2.24) is 14.7 Å². The summed E-state index contributed by atoms with van der Waals surface area (Å²) in [5.74, 6) is 0.250. The fourth-order valence-electron chi connectivity index (χ4n) is 4.12. The number of piperazine rings is 1. The molecule has 2 heterocycles. The van der Waals surface area contributed by atoms with Crippen molar-refractivity contribution < 1.29 is 9.59 Å². The molecule has 3 amide bonds. The quantitative estimate of drug-likeness (QED) is 0.825. The van der Waals surface area contributed by atoms with Crippen molar-refractivity contribution in [2.24, 2.45) is 5.73 Å². The summed E-state index contributed by atoms with van der Waals surface area (Å²) in [6.07, 6.45) is 3.50. The van der Waals surface area contributed by atoms with Gasteiger partial charge in [0.05, 0.1) is 0 Å². The third-order valence-electron chi connectivity index (χ3n) is 6.02. The molecule has 0 saturated carbocycles. The number of aryl methyl sites for hydroxylation is 3. The zero-order valence-electron chi connectivity index (χ0n) is 16.6. The number of benzene rings is 1. The van der Waals surface area contributed by atoms with Crippen LogP contribution >= 0.6 is 0 Å². The van der Waals surface area contributed by atoms with Gasteiger partial charge in [-0.1, -0.05) is 32.0 Å². The first-order chi connectivity index (χ1) is 13.0. The van der Waals surface area contributed by atoms with Gasteiger partial charge >= 0.3 is 6.03 Å². The Kier molecular flexibility index (Phi) is 6.37. The van der Waals surface area contributed by atoms with E-state index in [4.69, 9.17) is 5.73 Å². The maximum atomic E-state index is 12.5. The molecule has 1 aromatic carbocycles. The minimum absolute atomic E-state index is 0.250. The smallest absolute Gasteiger partial charge is 0.314 e. The molecule has 2 fully saturated rings. The highest BCUT2D eigenvalue weighted by Gasteiger charge is 2.36. The van der Waals surface area contributed by atoms with E-state index < -0.39 is 0 Å².